The number of benzene rings is 1. The van der Waals surface area contributed by atoms with Crippen molar-refractivity contribution >= 4 is 21.6 Å². The van der Waals surface area contributed by atoms with Gasteiger partial charge < -0.3 is 10.6 Å². The van der Waals surface area contributed by atoms with Crippen molar-refractivity contribution < 1.29 is 8.78 Å². The summed E-state index contributed by atoms with van der Waals surface area (Å²) in [6.07, 6.45) is 2.29. The normalized spacial score (nSPS) is 20.3. The van der Waals surface area contributed by atoms with E-state index >= 15 is 0 Å². The summed E-state index contributed by atoms with van der Waals surface area (Å²) in [5.74, 6) is -0.625. The summed E-state index contributed by atoms with van der Waals surface area (Å²) in [6.45, 7) is 2.71. The molecule has 1 heterocycles. The fraction of sp³-hybridized carbons (Fsp3) is 0.500. The van der Waals surface area contributed by atoms with Crippen LogP contribution in [0.25, 0.3) is 0 Å². The first kappa shape index (κ1) is 12.8. The van der Waals surface area contributed by atoms with E-state index < -0.39 is 11.6 Å². The molecule has 0 spiro atoms. The van der Waals surface area contributed by atoms with Crippen LogP contribution >= 0.6 is 15.9 Å². The molecule has 1 unspecified atom stereocenters. The maximum atomic E-state index is 13.5. The summed E-state index contributed by atoms with van der Waals surface area (Å²) < 4.78 is 26.8. The molecule has 0 saturated carbocycles. The molecule has 94 valence electrons. The van der Waals surface area contributed by atoms with E-state index in [4.69, 9.17) is 0 Å². The first-order valence-electron chi connectivity index (χ1n) is 5.76. The van der Waals surface area contributed by atoms with E-state index in [-0.39, 0.29) is 0 Å². The van der Waals surface area contributed by atoms with E-state index in [9.17, 15) is 8.78 Å². The molecule has 2 rings (SSSR count). The van der Waals surface area contributed by atoms with Crippen molar-refractivity contribution in [1.82, 2.24) is 5.32 Å². The highest BCUT2D eigenvalue weighted by molar-refractivity contribution is 9.10. The number of nitrogens with one attached hydrogen (secondary N) is 2. The van der Waals surface area contributed by atoms with E-state index in [0.717, 1.165) is 32.0 Å². The fourth-order valence-corrected chi connectivity index (χ4v) is 2.60. The van der Waals surface area contributed by atoms with Gasteiger partial charge in [-0.05, 0) is 53.8 Å². The van der Waals surface area contributed by atoms with Gasteiger partial charge in [0.25, 0.3) is 0 Å². The maximum Gasteiger partial charge on any atom is 0.150 e. The van der Waals surface area contributed by atoms with Crippen LogP contribution in [0.15, 0.2) is 16.6 Å². The first-order chi connectivity index (χ1) is 8.16. The highest BCUT2D eigenvalue weighted by Crippen LogP contribution is 2.27. The van der Waals surface area contributed by atoms with Gasteiger partial charge in [0.2, 0.25) is 0 Å². The Morgan fingerprint density at radius 3 is 2.88 bits per heavy atom. The summed E-state index contributed by atoms with van der Waals surface area (Å²) >= 11 is 3.16. The lowest BCUT2D eigenvalue weighted by atomic mass is 10.00. The Bertz CT molecular complexity index is 369. The van der Waals surface area contributed by atoms with Crippen LogP contribution in [0.4, 0.5) is 14.5 Å². The molecule has 0 aliphatic carbocycles. The minimum absolute atomic E-state index is 0.344. The number of halogens is 3. The molecule has 5 heteroatoms. The van der Waals surface area contributed by atoms with Crippen molar-refractivity contribution in [2.45, 2.75) is 12.8 Å². The summed E-state index contributed by atoms with van der Waals surface area (Å²) in [7, 11) is 0. The van der Waals surface area contributed by atoms with Gasteiger partial charge in [-0.25, -0.2) is 8.78 Å². The lowest BCUT2D eigenvalue weighted by Gasteiger charge is -2.23. The summed E-state index contributed by atoms with van der Waals surface area (Å²) in [5, 5.41) is 6.35. The van der Waals surface area contributed by atoms with Crippen molar-refractivity contribution in [1.29, 1.82) is 0 Å². The third kappa shape index (κ3) is 3.39. The van der Waals surface area contributed by atoms with E-state index in [1.54, 1.807) is 0 Å². The lowest BCUT2D eigenvalue weighted by Crippen LogP contribution is -2.33. The van der Waals surface area contributed by atoms with Crippen LogP contribution in [-0.4, -0.2) is 19.6 Å². The molecule has 0 aromatic heterocycles. The zero-order valence-electron chi connectivity index (χ0n) is 9.40. The van der Waals surface area contributed by atoms with Crippen molar-refractivity contribution in [3.63, 3.8) is 0 Å². The van der Waals surface area contributed by atoms with Gasteiger partial charge >= 0.3 is 0 Å². The van der Waals surface area contributed by atoms with Gasteiger partial charge in [0.1, 0.15) is 11.6 Å². The molecule has 1 fully saturated rings. The van der Waals surface area contributed by atoms with Crippen LogP contribution < -0.4 is 10.6 Å². The van der Waals surface area contributed by atoms with E-state index in [2.05, 4.69) is 26.6 Å². The lowest BCUT2D eigenvalue weighted by molar-refractivity contribution is 0.392. The zero-order chi connectivity index (χ0) is 12.3. The van der Waals surface area contributed by atoms with Gasteiger partial charge in [-0.2, -0.15) is 0 Å². The van der Waals surface area contributed by atoms with Gasteiger partial charge in [-0.15, -0.1) is 0 Å². The van der Waals surface area contributed by atoms with Crippen molar-refractivity contribution in [2.24, 2.45) is 5.92 Å². The van der Waals surface area contributed by atoms with Crippen molar-refractivity contribution in [3.05, 3.63) is 28.2 Å². The third-order valence-electron chi connectivity index (χ3n) is 2.97. The molecule has 2 nitrogen and oxygen atoms in total. The first-order valence-corrected chi connectivity index (χ1v) is 6.55. The second kappa shape index (κ2) is 5.78. The van der Waals surface area contributed by atoms with Gasteiger partial charge in [-0.1, -0.05) is 0 Å². The van der Waals surface area contributed by atoms with Crippen LogP contribution in [0.3, 0.4) is 0 Å². The molecule has 0 bridgehead atoms. The Labute approximate surface area is 108 Å². The topological polar surface area (TPSA) is 24.1 Å². The van der Waals surface area contributed by atoms with Gasteiger partial charge in [-0.3, -0.25) is 0 Å². The molecule has 1 aliphatic rings. The van der Waals surface area contributed by atoms with E-state index in [0.29, 0.717) is 22.6 Å². The molecule has 1 atom stereocenters. The minimum atomic E-state index is -0.570. The smallest absolute Gasteiger partial charge is 0.150 e. The highest BCUT2D eigenvalue weighted by atomic mass is 79.9. The minimum Gasteiger partial charge on any atom is -0.381 e. The quantitative estimate of drug-likeness (QED) is 0.896. The average Bonchev–Trinajstić information content (AvgIpc) is 2.29. The molecule has 1 aromatic carbocycles. The zero-order valence-corrected chi connectivity index (χ0v) is 11.0. The molecular formula is C12H15BrF2N2. The standard InChI is InChI=1S/C12H15BrF2N2/c13-10-4-9(14)5-11(15)12(10)17-7-8-2-1-3-16-6-8/h4-5,8,16-17H,1-3,6-7H2. The van der Waals surface area contributed by atoms with Crippen LogP contribution in [0.2, 0.25) is 0 Å². The van der Waals surface area contributed by atoms with Gasteiger partial charge in [0.05, 0.1) is 5.69 Å². The molecule has 2 N–H and O–H groups in total. The van der Waals surface area contributed by atoms with Gasteiger partial charge in [0, 0.05) is 17.1 Å². The predicted molar refractivity (Wildman–Crippen MR) is 68.1 cm³/mol. The second-order valence-corrected chi connectivity index (χ2v) is 5.19. The van der Waals surface area contributed by atoms with Crippen LogP contribution in [0, 0.1) is 17.6 Å². The highest BCUT2D eigenvalue weighted by Gasteiger charge is 2.15. The monoisotopic (exact) mass is 304 g/mol. The number of hydrogen-bond acceptors (Lipinski definition) is 2. The summed E-state index contributed by atoms with van der Waals surface area (Å²) in [6, 6.07) is 2.16. The Kier molecular flexibility index (Phi) is 4.34. The molecule has 1 aliphatic heterocycles. The predicted octanol–water partition coefficient (Wildman–Crippen LogP) is 3.14. The largest absolute Gasteiger partial charge is 0.381 e. The number of hydrogen-bond donors (Lipinski definition) is 2. The molecule has 1 saturated heterocycles. The van der Waals surface area contributed by atoms with E-state index in [1.165, 1.54) is 6.07 Å². The van der Waals surface area contributed by atoms with Gasteiger partial charge in [0.15, 0.2) is 0 Å². The Balaban J connectivity index is 1.98. The SMILES string of the molecule is Fc1cc(F)c(NCC2CCCNC2)c(Br)c1. The molecule has 17 heavy (non-hydrogen) atoms. The molecule has 1 aromatic rings. The Morgan fingerprint density at radius 2 is 2.24 bits per heavy atom. The third-order valence-corrected chi connectivity index (χ3v) is 3.60. The molecule has 0 radical (unpaired) electrons. The molecule has 0 amide bonds. The average molecular weight is 305 g/mol. The number of anilines is 1. The number of rotatable bonds is 3. The van der Waals surface area contributed by atoms with E-state index in [1.807, 2.05) is 0 Å². The Morgan fingerprint density at radius 1 is 1.41 bits per heavy atom. The second-order valence-electron chi connectivity index (χ2n) is 4.34. The van der Waals surface area contributed by atoms with Crippen LogP contribution in [-0.2, 0) is 0 Å². The fourth-order valence-electron chi connectivity index (χ4n) is 2.06. The summed E-state index contributed by atoms with van der Waals surface area (Å²) in [4.78, 5) is 0. The Hall–Kier alpha value is -0.680. The maximum absolute atomic E-state index is 13.5. The van der Waals surface area contributed by atoms with Crippen molar-refractivity contribution in [2.75, 3.05) is 25.0 Å². The summed E-state index contributed by atoms with van der Waals surface area (Å²) in [5.41, 5.74) is 0.344. The van der Waals surface area contributed by atoms with Crippen LogP contribution in [0.5, 0.6) is 0 Å². The number of piperidine rings is 1. The van der Waals surface area contributed by atoms with Crippen LogP contribution in [0.1, 0.15) is 12.8 Å². The molecular weight excluding hydrogens is 290 g/mol. The van der Waals surface area contributed by atoms with Crippen molar-refractivity contribution in [3.8, 4) is 0 Å².